The molecule has 3 aromatic carbocycles. The zero-order valence-corrected chi connectivity index (χ0v) is 17.9. The normalized spacial score (nSPS) is 11.5. The zero-order valence-electron chi connectivity index (χ0n) is 15.4. The molecule has 0 atom stereocenters. The maximum absolute atomic E-state index is 12.8. The predicted molar refractivity (Wildman–Crippen MR) is 112 cm³/mol. The van der Waals surface area contributed by atoms with E-state index in [4.69, 9.17) is 0 Å². The Balaban J connectivity index is 0.00000261. The van der Waals surface area contributed by atoms with Crippen LogP contribution in [0.5, 0.6) is 0 Å². The van der Waals surface area contributed by atoms with Crippen molar-refractivity contribution in [1.29, 1.82) is 0 Å². The summed E-state index contributed by atoms with van der Waals surface area (Å²) in [5.74, 6) is -0.138. The molecule has 2 nitrogen and oxygen atoms in total. The van der Waals surface area contributed by atoms with Gasteiger partial charge in [0.05, 0.1) is 0 Å². The smallest absolute Gasteiger partial charge is 0 e. The van der Waals surface area contributed by atoms with Crippen molar-refractivity contribution in [2.45, 2.75) is 19.5 Å². The van der Waals surface area contributed by atoms with E-state index in [0.717, 1.165) is 15.9 Å². The summed E-state index contributed by atoms with van der Waals surface area (Å²) >= 11 is 0. The van der Waals surface area contributed by atoms with Crippen LogP contribution in [0.3, 0.4) is 0 Å². The maximum atomic E-state index is 12.8. The number of benzene rings is 3. The summed E-state index contributed by atoms with van der Waals surface area (Å²) in [6.45, 7) is 3.09. The van der Waals surface area contributed by atoms with Crippen LogP contribution in [0.1, 0.15) is 13.8 Å². The minimum atomic E-state index is -2.88. The molecule has 0 N–H and O–H groups in total. The SMILES string of the molecule is CC(=O)C(C(C)=O)[PH](c1ccccc1)(c1ccccc1)c1ccccc1.[Pd]. The van der Waals surface area contributed by atoms with Gasteiger partial charge in [-0.15, -0.1) is 0 Å². The first-order valence-corrected chi connectivity index (χ1v) is 10.8. The van der Waals surface area contributed by atoms with Gasteiger partial charge in [0.2, 0.25) is 0 Å². The molecule has 0 aliphatic rings. The van der Waals surface area contributed by atoms with Crippen molar-refractivity contribution in [2.24, 2.45) is 0 Å². The predicted octanol–water partition coefficient (Wildman–Crippen LogP) is 3.26. The topological polar surface area (TPSA) is 34.1 Å². The van der Waals surface area contributed by atoms with E-state index in [9.17, 15) is 9.59 Å². The van der Waals surface area contributed by atoms with E-state index in [0.29, 0.717) is 0 Å². The molecular weight excluding hydrogens is 446 g/mol. The molecule has 0 saturated carbocycles. The quantitative estimate of drug-likeness (QED) is 0.316. The van der Waals surface area contributed by atoms with Crippen LogP contribution in [0.15, 0.2) is 91.0 Å². The molecule has 0 heterocycles. The molecule has 0 spiro atoms. The summed E-state index contributed by atoms with van der Waals surface area (Å²) in [5, 5.41) is 3.23. The summed E-state index contributed by atoms with van der Waals surface area (Å²) in [6, 6.07) is 30.2. The Morgan fingerprint density at radius 1 is 0.593 bits per heavy atom. The molecule has 0 fully saturated rings. The second-order valence-corrected chi connectivity index (χ2v) is 10.5. The Morgan fingerprint density at radius 2 is 0.852 bits per heavy atom. The van der Waals surface area contributed by atoms with Crippen LogP contribution < -0.4 is 15.9 Å². The van der Waals surface area contributed by atoms with Gasteiger partial charge < -0.3 is 0 Å². The van der Waals surface area contributed by atoms with E-state index in [2.05, 4.69) is 36.4 Å². The molecule has 0 aliphatic heterocycles. The van der Waals surface area contributed by atoms with Crippen molar-refractivity contribution >= 4 is 34.7 Å². The van der Waals surface area contributed by atoms with Gasteiger partial charge in [-0.25, -0.2) is 0 Å². The fourth-order valence-electron chi connectivity index (χ4n) is 4.00. The molecule has 0 unspecified atom stereocenters. The standard InChI is InChI=1S/C23H23O2P.Pd/c1-18(24)23(19(2)25)26(20-12-6-3-7-13-20,21-14-8-4-9-15-21)22-16-10-5-11-17-22;/h3-17,23,26H,1-2H3;. The minimum Gasteiger partial charge on any atom is 0 e. The van der Waals surface area contributed by atoms with Gasteiger partial charge in [0.15, 0.2) is 0 Å². The molecule has 0 aromatic heterocycles. The van der Waals surface area contributed by atoms with Gasteiger partial charge in [-0.05, 0) is 0 Å². The Morgan fingerprint density at radius 3 is 1.07 bits per heavy atom. The third kappa shape index (κ3) is 4.02. The van der Waals surface area contributed by atoms with Gasteiger partial charge in [0, 0.05) is 20.4 Å². The molecule has 4 heteroatoms. The van der Waals surface area contributed by atoms with Crippen molar-refractivity contribution < 1.29 is 30.0 Å². The van der Waals surface area contributed by atoms with Crippen LogP contribution in [0.25, 0.3) is 0 Å². The minimum absolute atomic E-state index is 0. The number of carbonyl (C=O) groups is 2. The second kappa shape index (κ2) is 9.34. The first kappa shape index (κ1) is 21.4. The molecule has 3 rings (SSSR count). The Hall–Kier alpha value is -1.91. The fraction of sp³-hybridized carbons (Fsp3) is 0.130. The van der Waals surface area contributed by atoms with Crippen LogP contribution in [-0.2, 0) is 30.0 Å². The van der Waals surface area contributed by atoms with E-state index in [-0.39, 0.29) is 32.0 Å². The van der Waals surface area contributed by atoms with Gasteiger partial charge in [-0.1, -0.05) is 0 Å². The molecule has 0 bridgehead atoms. The average molecular weight is 469 g/mol. The van der Waals surface area contributed by atoms with Crippen LogP contribution in [0.2, 0.25) is 0 Å². The number of Topliss-reactive ketones (excluding diaryl/α,β-unsaturated/α-hetero) is 2. The third-order valence-corrected chi connectivity index (χ3v) is 10.3. The van der Waals surface area contributed by atoms with Crippen LogP contribution >= 0.6 is 7.26 Å². The first-order chi connectivity index (χ1) is 12.6. The number of rotatable bonds is 6. The number of carbonyl (C=O) groups excluding carboxylic acids is 2. The molecule has 0 amide bonds. The molecule has 142 valence electrons. The van der Waals surface area contributed by atoms with E-state index in [1.807, 2.05) is 54.6 Å². The average Bonchev–Trinajstić information content (AvgIpc) is 2.67. The van der Waals surface area contributed by atoms with Crippen molar-refractivity contribution in [1.82, 2.24) is 0 Å². The van der Waals surface area contributed by atoms with Crippen LogP contribution in [0.4, 0.5) is 0 Å². The second-order valence-electron chi connectivity index (χ2n) is 6.56. The van der Waals surface area contributed by atoms with E-state index in [1.165, 1.54) is 0 Å². The molecular formula is C23H23O2PPd. The van der Waals surface area contributed by atoms with E-state index in [1.54, 1.807) is 13.8 Å². The number of hydrogen-bond acceptors (Lipinski definition) is 2. The molecule has 27 heavy (non-hydrogen) atoms. The Labute approximate surface area is 175 Å². The molecule has 3 aromatic rings. The summed E-state index contributed by atoms with van der Waals surface area (Å²) < 4.78 is 0. The van der Waals surface area contributed by atoms with Crippen molar-refractivity contribution in [3.63, 3.8) is 0 Å². The monoisotopic (exact) mass is 468 g/mol. The van der Waals surface area contributed by atoms with Gasteiger partial charge in [-0.2, -0.15) is 0 Å². The molecule has 0 aliphatic carbocycles. The van der Waals surface area contributed by atoms with Crippen molar-refractivity contribution in [3.05, 3.63) is 91.0 Å². The largest absolute Gasteiger partial charge is 0 e. The van der Waals surface area contributed by atoms with Gasteiger partial charge in [0.25, 0.3) is 0 Å². The van der Waals surface area contributed by atoms with Crippen molar-refractivity contribution in [2.75, 3.05) is 0 Å². The zero-order chi connectivity index (χ0) is 18.6. The van der Waals surface area contributed by atoms with Crippen molar-refractivity contribution in [3.8, 4) is 0 Å². The van der Waals surface area contributed by atoms with Gasteiger partial charge >= 0.3 is 155 Å². The number of hydrogen-bond donors (Lipinski definition) is 0. The summed E-state index contributed by atoms with van der Waals surface area (Å²) in [4.78, 5) is 25.5. The first-order valence-electron chi connectivity index (χ1n) is 8.76. The summed E-state index contributed by atoms with van der Waals surface area (Å²) in [7, 11) is -2.88. The summed E-state index contributed by atoms with van der Waals surface area (Å²) in [5.41, 5.74) is -0.658. The summed E-state index contributed by atoms with van der Waals surface area (Å²) in [6.07, 6.45) is 0. The number of ketones is 2. The van der Waals surface area contributed by atoms with E-state index < -0.39 is 12.9 Å². The maximum Gasteiger partial charge on any atom is 0 e. The molecule has 0 radical (unpaired) electrons. The van der Waals surface area contributed by atoms with Crippen LogP contribution in [-0.4, -0.2) is 17.2 Å². The van der Waals surface area contributed by atoms with E-state index >= 15 is 0 Å². The Kier molecular flexibility index (Phi) is 7.40. The Bertz CT molecular complexity index is 785. The third-order valence-electron chi connectivity index (χ3n) is 4.93. The van der Waals surface area contributed by atoms with Gasteiger partial charge in [0.1, 0.15) is 0 Å². The fourth-order valence-corrected chi connectivity index (χ4v) is 9.37. The van der Waals surface area contributed by atoms with Crippen LogP contribution in [0, 0.1) is 0 Å². The molecule has 0 saturated heterocycles. The van der Waals surface area contributed by atoms with Gasteiger partial charge in [-0.3, -0.25) is 0 Å².